The van der Waals surface area contributed by atoms with E-state index in [9.17, 15) is 9.59 Å². The fourth-order valence-electron chi connectivity index (χ4n) is 2.59. The van der Waals surface area contributed by atoms with Gasteiger partial charge in [-0.3, -0.25) is 9.59 Å². The molecule has 3 heteroatoms. The summed E-state index contributed by atoms with van der Waals surface area (Å²) in [5.74, 6) is -0.295. The summed E-state index contributed by atoms with van der Waals surface area (Å²) in [6.45, 7) is 4.06. The van der Waals surface area contributed by atoms with E-state index >= 15 is 0 Å². The van der Waals surface area contributed by atoms with Crippen LogP contribution < -0.4 is 0 Å². The fourth-order valence-corrected chi connectivity index (χ4v) is 2.59. The summed E-state index contributed by atoms with van der Waals surface area (Å²) in [5, 5.41) is 0. The first kappa shape index (κ1) is 8.73. The Morgan fingerprint density at radius 2 is 1.38 bits per heavy atom. The molecule has 3 nitrogen and oxygen atoms in total. The molecule has 1 aliphatic carbocycles. The van der Waals surface area contributed by atoms with Crippen LogP contribution in [-0.2, 0) is 14.3 Å². The molecule has 4 unspecified atom stereocenters. The van der Waals surface area contributed by atoms with Crippen molar-refractivity contribution in [2.24, 2.45) is 23.7 Å². The molecular formula is C10H14O3. The predicted octanol–water partition coefficient (Wildman–Crippen LogP) is 1.37. The largest absolute Gasteiger partial charge is 0.393 e. The number of rotatable bonds is 0. The summed E-state index contributed by atoms with van der Waals surface area (Å²) < 4.78 is 4.67. The van der Waals surface area contributed by atoms with E-state index in [-0.39, 0.29) is 23.8 Å². The van der Waals surface area contributed by atoms with Gasteiger partial charge in [0.1, 0.15) is 0 Å². The lowest BCUT2D eigenvalue weighted by Crippen LogP contribution is -2.34. The molecule has 0 spiro atoms. The molecule has 0 aromatic carbocycles. The molecule has 0 amide bonds. The summed E-state index contributed by atoms with van der Waals surface area (Å²) in [6.07, 6.45) is 2.06. The molecule has 0 bridgehead atoms. The highest BCUT2D eigenvalue weighted by atomic mass is 16.6. The van der Waals surface area contributed by atoms with Gasteiger partial charge in [-0.1, -0.05) is 13.8 Å². The SMILES string of the molecule is CC1CCC(C)C2C(=O)OC(=O)C12. The summed E-state index contributed by atoms with van der Waals surface area (Å²) in [5.41, 5.74) is 0. The van der Waals surface area contributed by atoms with Gasteiger partial charge >= 0.3 is 11.9 Å². The molecule has 1 heterocycles. The predicted molar refractivity (Wildman–Crippen MR) is 45.6 cm³/mol. The molecule has 2 fully saturated rings. The van der Waals surface area contributed by atoms with Gasteiger partial charge in [-0.15, -0.1) is 0 Å². The third-order valence-corrected chi connectivity index (χ3v) is 3.44. The van der Waals surface area contributed by atoms with Crippen LogP contribution >= 0.6 is 0 Å². The summed E-state index contributed by atoms with van der Waals surface area (Å²) in [6, 6.07) is 0. The van der Waals surface area contributed by atoms with Crippen molar-refractivity contribution in [2.75, 3.05) is 0 Å². The minimum Gasteiger partial charge on any atom is -0.393 e. The van der Waals surface area contributed by atoms with Crippen molar-refractivity contribution in [3.8, 4) is 0 Å². The summed E-state index contributed by atoms with van der Waals surface area (Å²) in [7, 11) is 0. The minimum atomic E-state index is -0.297. The van der Waals surface area contributed by atoms with E-state index in [2.05, 4.69) is 4.74 Å². The van der Waals surface area contributed by atoms with Gasteiger partial charge in [-0.2, -0.15) is 0 Å². The maximum atomic E-state index is 11.3. The Bertz CT molecular complexity index is 233. The Hall–Kier alpha value is -0.860. The zero-order valence-corrected chi connectivity index (χ0v) is 7.95. The van der Waals surface area contributed by atoms with Crippen LogP contribution in [0.5, 0.6) is 0 Å². The maximum Gasteiger partial charge on any atom is 0.317 e. The van der Waals surface area contributed by atoms with Crippen LogP contribution in [0.4, 0.5) is 0 Å². The Morgan fingerprint density at radius 1 is 1.00 bits per heavy atom. The third-order valence-electron chi connectivity index (χ3n) is 3.44. The second-order valence-electron chi connectivity index (χ2n) is 4.32. The number of hydrogen-bond acceptors (Lipinski definition) is 3. The zero-order valence-electron chi connectivity index (χ0n) is 7.95. The van der Waals surface area contributed by atoms with E-state index in [1.165, 1.54) is 0 Å². The molecule has 72 valence electrons. The molecule has 1 saturated heterocycles. The number of cyclic esters (lactones) is 2. The van der Waals surface area contributed by atoms with Gasteiger partial charge in [0.05, 0.1) is 11.8 Å². The van der Waals surface area contributed by atoms with Gasteiger partial charge in [0.25, 0.3) is 0 Å². The molecule has 4 atom stereocenters. The van der Waals surface area contributed by atoms with Crippen molar-refractivity contribution >= 4 is 11.9 Å². The van der Waals surface area contributed by atoms with Crippen molar-refractivity contribution < 1.29 is 14.3 Å². The molecule has 0 radical (unpaired) electrons. The smallest absolute Gasteiger partial charge is 0.317 e. The first-order chi connectivity index (χ1) is 6.11. The first-order valence-electron chi connectivity index (χ1n) is 4.87. The summed E-state index contributed by atoms with van der Waals surface area (Å²) >= 11 is 0. The van der Waals surface area contributed by atoms with Crippen molar-refractivity contribution in [3.63, 3.8) is 0 Å². The number of fused-ring (bicyclic) bond motifs is 1. The van der Waals surface area contributed by atoms with Crippen LogP contribution in [0.15, 0.2) is 0 Å². The highest BCUT2D eigenvalue weighted by molar-refractivity contribution is 5.96. The second kappa shape index (κ2) is 2.82. The standard InChI is InChI=1S/C10H14O3/c1-5-3-4-6(2)8-7(5)9(11)13-10(8)12/h5-8H,3-4H2,1-2H3. The number of esters is 2. The average Bonchev–Trinajstić information content (AvgIpc) is 2.36. The van der Waals surface area contributed by atoms with Crippen LogP contribution in [0.25, 0.3) is 0 Å². The van der Waals surface area contributed by atoms with Crippen LogP contribution in [0.3, 0.4) is 0 Å². The van der Waals surface area contributed by atoms with Crippen molar-refractivity contribution in [1.29, 1.82) is 0 Å². The van der Waals surface area contributed by atoms with Crippen LogP contribution in [-0.4, -0.2) is 11.9 Å². The third kappa shape index (κ3) is 1.18. The molecule has 13 heavy (non-hydrogen) atoms. The molecule has 0 aromatic heterocycles. The Morgan fingerprint density at radius 3 is 1.77 bits per heavy atom. The van der Waals surface area contributed by atoms with Crippen molar-refractivity contribution in [1.82, 2.24) is 0 Å². The van der Waals surface area contributed by atoms with Gasteiger partial charge in [0.2, 0.25) is 0 Å². The monoisotopic (exact) mass is 182 g/mol. The molecule has 0 N–H and O–H groups in total. The Kier molecular flexibility index (Phi) is 1.90. The van der Waals surface area contributed by atoms with E-state index in [1.807, 2.05) is 13.8 Å². The van der Waals surface area contributed by atoms with E-state index in [4.69, 9.17) is 0 Å². The lowest BCUT2D eigenvalue weighted by atomic mass is 9.69. The van der Waals surface area contributed by atoms with E-state index < -0.39 is 0 Å². The zero-order chi connectivity index (χ0) is 9.59. The number of ether oxygens (including phenoxy) is 1. The van der Waals surface area contributed by atoms with Crippen LogP contribution in [0.1, 0.15) is 26.7 Å². The normalized spacial score (nSPS) is 44.5. The molecule has 2 aliphatic rings. The molecule has 1 aliphatic heterocycles. The number of hydrogen-bond donors (Lipinski definition) is 0. The van der Waals surface area contributed by atoms with E-state index in [0.29, 0.717) is 11.8 Å². The average molecular weight is 182 g/mol. The number of carbonyl (C=O) groups excluding carboxylic acids is 2. The highest BCUT2D eigenvalue weighted by Crippen LogP contribution is 2.43. The van der Waals surface area contributed by atoms with Crippen LogP contribution in [0.2, 0.25) is 0 Å². The van der Waals surface area contributed by atoms with Gasteiger partial charge in [0.15, 0.2) is 0 Å². The van der Waals surface area contributed by atoms with Gasteiger partial charge in [-0.25, -0.2) is 0 Å². The van der Waals surface area contributed by atoms with E-state index in [0.717, 1.165) is 12.8 Å². The maximum absolute atomic E-state index is 11.3. The quantitative estimate of drug-likeness (QED) is 0.419. The van der Waals surface area contributed by atoms with Gasteiger partial charge in [-0.05, 0) is 24.7 Å². The van der Waals surface area contributed by atoms with Gasteiger partial charge < -0.3 is 4.74 Å². The molecule has 2 rings (SSSR count). The minimum absolute atomic E-state index is 0.156. The molecule has 0 aromatic rings. The Labute approximate surface area is 77.4 Å². The van der Waals surface area contributed by atoms with E-state index in [1.54, 1.807) is 0 Å². The summed E-state index contributed by atoms with van der Waals surface area (Å²) in [4.78, 5) is 22.7. The van der Waals surface area contributed by atoms with Gasteiger partial charge in [0, 0.05) is 0 Å². The second-order valence-corrected chi connectivity index (χ2v) is 4.32. The molecular weight excluding hydrogens is 168 g/mol. The van der Waals surface area contributed by atoms with Crippen LogP contribution in [0, 0.1) is 23.7 Å². The fraction of sp³-hybridized carbons (Fsp3) is 0.800. The number of carbonyl (C=O) groups is 2. The van der Waals surface area contributed by atoms with Crippen molar-refractivity contribution in [2.45, 2.75) is 26.7 Å². The lowest BCUT2D eigenvalue weighted by molar-refractivity contribution is -0.154. The first-order valence-corrected chi connectivity index (χ1v) is 4.87. The topological polar surface area (TPSA) is 43.4 Å². The van der Waals surface area contributed by atoms with Crippen molar-refractivity contribution in [3.05, 3.63) is 0 Å². The highest BCUT2D eigenvalue weighted by Gasteiger charge is 2.51. The lowest BCUT2D eigenvalue weighted by Gasteiger charge is -2.31. The molecule has 1 saturated carbocycles. The Balaban J connectivity index is 2.29.